The fourth-order valence-corrected chi connectivity index (χ4v) is 3.68. The molecule has 1 saturated carbocycles. The molecule has 2 rings (SSSR count). The van der Waals surface area contributed by atoms with E-state index >= 15 is 0 Å². The smallest absolute Gasteiger partial charge is 0.0866 e. The van der Waals surface area contributed by atoms with Crippen molar-refractivity contribution in [2.75, 3.05) is 19.8 Å². The van der Waals surface area contributed by atoms with Gasteiger partial charge in [0, 0.05) is 25.2 Å². The molecule has 0 radical (unpaired) electrons. The summed E-state index contributed by atoms with van der Waals surface area (Å²) in [5, 5.41) is 9.69. The van der Waals surface area contributed by atoms with Crippen molar-refractivity contribution in [1.29, 1.82) is 0 Å². The van der Waals surface area contributed by atoms with E-state index in [1.165, 1.54) is 12.8 Å². The highest BCUT2D eigenvalue weighted by atomic mass is 16.5. The summed E-state index contributed by atoms with van der Waals surface area (Å²) in [6.45, 7) is 5.89. The van der Waals surface area contributed by atoms with Crippen LogP contribution in [0.25, 0.3) is 0 Å². The van der Waals surface area contributed by atoms with Gasteiger partial charge in [0.05, 0.1) is 17.8 Å². The summed E-state index contributed by atoms with van der Waals surface area (Å²) in [6, 6.07) is 0. The molecule has 1 aliphatic carbocycles. The maximum absolute atomic E-state index is 9.69. The largest absolute Gasteiger partial charge is 0.391 e. The Hall–Kier alpha value is -0.160. The van der Waals surface area contributed by atoms with Crippen LogP contribution in [0.1, 0.15) is 46.0 Å². The van der Waals surface area contributed by atoms with E-state index in [1.54, 1.807) is 6.92 Å². The second kappa shape index (κ2) is 5.45. The highest BCUT2D eigenvalue weighted by Gasteiger charge is 2.56. The summed E-state index contributed by atoms with van der Waals surface area (Å²) in [6.07, 6.45) is 4.83. The van der Waals surface area contributed by atoms with E-state index in [9.17, 15) is 5.11 Å². The quantitative estimate of drug-likeness (QED) is 0.800. The third kappa shape index (κ3) is 2.31. The second-order valence-corrected chi connectivity index (χ2v) is 6.01. The zero-order chi connectivity index (χ0) is 13.2. The van der Waals surface area contributed by atoms with Crippen LogP contribution < -0.4 is 5.73 Å². The molecule has 0 aromatic carbocycles. The molecule has 3 N–H and O–H groups in total. The van der Waals surface area contributed by atoms with Gasteiger partial charge in [-0.25, -0.2) is 0 Å². The number of nitrogens with two attached hydrogens (primary N) is 1. The van der Waals surface area contributed by atoms with Crippen molar-refractivity contribution >= 4 is 0 Å². The van der Waals surface area contributed by atoms with Gasteiger partial charge in [-0.05, 0) is 46.0 Å². The lowest BCUT2D eigenvalue weighted by atomic mass is 9.68. The van der Waals surface area contributed by atoms with E-state index in [4.69, 9.17) is 15.2 Å². The first-order chi connectivity index (χ1) is 8.55. The Kier molecular flexibility index (Phi) is 4.32. The third-order valence-electron chi connectivity index (χ3n) is 5.07. The molecular formula is C14H27NO3. The average molecular weight is 257 g/mol. The molecule has 4 heteroatoms. The van der Waals surface area contributed by atoms with Crippen LogP contribution in [0.4, 0.5) is 0 Å². The number of aliphatic hydroxyl groups excluding tert-OH is 1. The molecule has 18 heavy (non-hydrogen) atoms. The highest BCUT2D eigenvalue weighted by molar-refractivity contribution is 5.07. The van der Waals surface area contributed by atoms with Gasteiger partial charge in [0.1, 0.15) is 0 Å². The van der Waals surface area contributed by atoms with Gasteiger partial charge < -0.3 is 20.3 Å². The van der Waals surface area contributed by atoms with Crippen LogP contribution in [-0.2, 0) is 9.47 Å². The minimum absolute atomic E-state index is 0.161. The summed E-state index contributed by atoms with van der Waals surface area (Å²) in [7, 11) is 0. The van der Waals surface area contributed by atoms with Crippen molar-refractivity contribution in [3.05, 3.63) is 0 Å². The van der Waals surface area contributed by atoms with Crippen LogP contribution in [-0.4, -0.2) is 42.7 Å². The Labute approximate surface area is 110 Å². The molecule has 1 spiro atoms. The number of rotatable bonds is 4. The van der Waals surface area contributed by atoms with Gasteiger partial charge in [-0.1, -0.05) is 0 Å². The van der Waals surface area contributed by atoms with E-state index < -0.39 is 6.10 Å². The summed E-state index contributed by atoms with van der Waals surface area (Å²) >= 11 is 0. The van der Waals surface area contributed by atoms with Crippen LogP contribution in [0.15, 0.2) is 0 Å². The lowest BCUT2D eigenvalue weighted by molar-refractivity contribution is -0.187. The van der Waals surface area contributed by atoms with E-state index in [-0.39, 0.29) is 17.1 Å². The third-order valence-corrected chi connectivity index (χ3v) is 5.07. The summed E-state index contributed by atoms with van der Waals surface area (Å²) < 4.78 is 11.8. The lowest BCUT2D eigenvalue weighted by Crippen LogP contribution is -2.56. The molecule has 1 heterocycles. The van der Waals surface area contributed by atoms with E-state index in [2.05, 4.69) is 0 Å². The Morgan fingerprint density at radius 3 is 2.44 bits per heavy atom. The monoisotopic (exact) mass is 257 g/mol. The van der Waals surface area contributed by atoms with Gasteiger partial charge in [-0.15, -0.1) is 0 Å². The van der Waals surface area contributed by atoms with Gasteiger partial charge >= 0.3 is 0 Å². The predicted octanol–water partition coefficient (Wildman–Crippen LogP) is 1.45. The lowest BCUT2D eigenvalue weighted by Gasteiger charge is -2.49. The second-order valence-electron chi connectivity index (χ2n) is 6.01. The number of ether oxygens (including phenoxy) is 2. The van der Waals surface area contributed by atoms with Gasteiger partial charge in [-0.3, -0.25) is 0 Å². The molecular weight excluding hydrogens is 230 g/mol. The Bertz CT molecular complexity index is 276. The van der Waals surface area contributed by atoms with Crippen molar-refractivity contribution in [3.63, 3.8) is 0 Å². The zero-order valence-corrected chi connectivity index (χ0v) is 11.7. The Morgan fingerprint density at radius 1 is 1.22 bits per heavy atom. The molecule has 0 amide bonds. The number of aliphatic hydroxyl groups is 1. The molecule has 0 aromatic heterocycles. The topological polar surface area (TPSA) is 64.7 Å². The summed E-state index contributed by atoms with van der Waals surface area (Å²) in [5.41, 5.74) is 5.99. The van der Waals surface area contributed by atoms with Gasteiger partial charge in [0.2, 0.25) is 0 Å². The first-order valence-corrected chi connectivity index (χ1v) is 7.19. The predicted molar refractivity (Wildman–Crippen MR) is 70.4 cm³/mol. The maximum atomic E-state index is 9.69. The summed E-state index contributed by atoms with van der Waals surface area (Å²) in [5.74, 6) is 0. The normalized spacial score (nSPS) is 34.7. The molecule has 2 aliphatic rings. The van der Waals surface area contributed by atoms with Crippen molar-refractivity contribution in [1.82, 2.24) is 0 Å². The van der Waals surface area contributed by atoms with Crippen molar-refractivity contribution < 1.29 is 14.6 Å². The van der Waals surface area contributed by atoms with E-state index in [1.807, 2.05) is 6.92 Å². The molecule has 0 bridgehead atoms. The van der Waals surface area contributed by atoms with Crippen LogP contribution in [0.2, 0.25) is 0 Å². The van der Waals surface area contributed by atoms with Gasteiger partial charge in [0.25, 0.3) is 0 Å². The highest BCUT2D eigenvalue weighted by Crippen LogP contribution is 2.54. The average Bonchev–Trinajstić information content (AvgIpc) is 2.69. The van der Waals surface area contributed by atoms with E-state index in [0.717, 1.165) is 32.5 Å². The first-order valence-electron chi connectivity index (χ1n) is 7.19. The Balaban J connectivity index is 2.18. The van der Waals surface area contributed by atoms with E-state index in [0.29, 0.717) is 6.54 Å². The number of hydrogen-bond donors (Lipinski definition) is 2. The molecule has 3 unspecified atom stereocenters. The van der Waals surface area contributed by atoms with Crippen molar-refractivity contribution in [2.24, 2.45) is 11.1 Å². The molecule has 106 valence electrons. The first kappa shape index (κ1) is 14.3. The minimum atomic E-state index is -0.453. The number of hydrogen-bond acceptors (Lipinski definition) is 4. The van der Waals surface area contributed by atoms with Crippen LogP contribution in [0.5, 0.6) is 0 Å². The molecule has 3 atom stereocenters. The van der Waals surface area contributed by atoms with Crippen LogP contribution in [0, 0.1) is 5.41 Å². The van der Waals surface area contributed by atoms with Crippen LogP contribution >= 0.6 is 0 Å². The fourth-order valence-electron chi connectivity index (χ4n) is 3.68. The molecule has 0 aromatic rings. The Morgan fingerprint density at radius 2 is 1.89 bits per heavy atom. The minimum Gasteiger partial charge on any atom is -0.391 e. The maximum Gasteiger partial charge on any atom is 0.0866 e. The molecule has 4 nitrogen and oxygen atoms in total. The van der Waals surface area contributed by atoms with Gasteiger partial charge in [0.15, 0.2) is 0 Å². The van der Waals surface area contributed by atoms with Crippen LogP contribution in [0.3, 0.4) is 0 Å². The fraction of sp³-hybridized carbons (Fsp3) is 1.00. The SMILES string of the molecule is CC(O)C(C)OC1(CN)CCCC12CCOCC2. The molecule has 1 saturated heterocycles. The van der Waals surface area contributed by atoms with Crippen molar-refractivity contribution in [3.8, 4) is 0 Å². The molecule has 2 fully saturated rings. The van der Waals surface area contributed by atoms with Gasteiger partial charge in [-0.2, -0.15) is 0 Å². The molecule has 1 aliphatic heterocycles. The van der Waals surface area contributed by atoms with Crippen molar-refractivity contribution in [2.45, 2.75) is 63.8 Å². The summed E-state index contributed by atoms with van der Waals surface area (Å²) in [4.78, 5) is 0. The zero-order valence-electron chi connectivity index (χ0n) is 11.7. The standard InChI is InChI=1S/C14H27NO3/c1-11(16)12(2)18-14(10-15)5-3-4-13(14)6-8-17-9-7-13/h11-12,16H,3-10,15H2,1-2H3.